The molecule has 2 aromatic carbocycles. The average molecular weight is 400 g/mol. The number of rotatable bonds is 3. The van der Waals surface area contributed by atoms with Gasteiger partial charge in [-0.1, -0.05) is 30.8 Å². The second-order valence-corrected chi connectivity index (χ2v) is 6.98. The first kappa shape index (κ1) is 19.0. The van der Waals surface area contributed by atoms with E-state index in [0.29, 0.717) is 24.5 Å². The fourth-order valence-electron chi connectivity index (χ4n) is 3.39. The standard InChI is InChI=1S/C21H19F3N4O/c1-2-18(29)28-11-15(12-28)25-20-16-5-3-4-6-17(16)26-19(27-20)13-7-9-14(10-8-13)21(22,23)24/h2-10,15,19,26H,1,11-12H2,(H,25,27). The van der Waals surface area contributed by atoms with Crippen molar-refractivity contribution in [3.8, 4) is 0 Å². The minimum Gasteiger partial charge on any atom is -0.363 e. The van der Waals surface area contributed by atoms with Gasteiger partial charge in [-0.2, -0.15) is 13.2 Å². The van der Waals surface area contributed by atoms with E-state index in [2.05, 4.69) is 22.2 Å². The number of fused-ring (bicyclic) bond motifs is 1. The first-order chi connectivity index (χ1) is 13.8. The molecule has 0 aromatic heterocycles. The molecule has 150 valence electrons. The van der Waals surface area contributed by atoms with Crippen LogP contribution < -0.4 is 10.6 Å². The van der Waals surface area contributed by atoms with Gasteiger partial charge >= 0.3 is 6.18 Å². The van der Waals surface area contributed by atoms with Gasteiger partial charge in [-0.3, -0.25) is 4.79 Å². The summed E-state index contributed by atoms with van der Waals surface area (Å²) < 4.78 is 38.5. The van der Waals surface area contributed by atoms with Crippen LogP contribution in [0.3, 0.4) is 0 Å². The third-order valence-corrected chi connectivity index (χ3v) is 5.00. The maximum atomic E-state index is 12.8. The molecular weight excluding hydrogens is 381 g/mol. The van der Waals surface area contributed by atoms with E-state index in [4.69, 9.17) is 0 Å². The molecule has 1 saturated heterocycles. The highest BCUT2D eigenvalue weighted by molar-refractivity contribution is 6.05. The Morgan fingerprint density at radius 3 is 2.52 bits per heavy atom. The quantitative estimate of drug-likeness (QED) is 0.775. The van der Waals surface area contributed by atoms with Gasteiger partial charge in [0.15, 0.2) is 0 Å². The van der Waals surface area contributed by atoms with E-state index < -0.39 is 17.9 Å². The van der Waals surface area contributed by atoms with E-state index in [-0.39, 0.29) is 11.9 Å². The van der Waals surface area contributed by atoms with Crippen molar-refractivity contribution in [3.05, 3.63) is 77.9 Å². The Labute approximate surface area is 165 Å². The molecular formula is C21H19F3N4O. The number of amides is 1. The van der Waals surface area contributed by atoms with Gasteiger partial charge in [0.05, 0.1) is 11.6 Å². The molecule has 0 saturated carbocycles. The lowest BCUT2D eigenvalue weighted by atomic mass is 10.0. The molecule has 4 rings (SSSR count). The normalized spacial score (nSPS) is 18.8. The summed E-state index contributed by atoms with van der Waals surface area (Å²) in [7, 11) is 0. The highest BCUT2D eigenvalue weighted by Crippen LogP contribution is 2.33. The number of hydrogen-bond acceptors (Lipinski definition) is 4. The minimum atomic E-state index is -4.37. The predicted octanol–water partition coefficient (Wildman–Crippen LogP) is 3.56. The summed E-state index contributed by atoms with van der Waals surface area (Å²) in [5.74, 6) is 0.540. The number of nitrogens with one attached hydrogen (secondary N) is 2. The van der Waals surface area contributed by atoms with Crippen molar-refractivity contribution in [3.63, 3.8) is 0 Å². The van der Waals surface area contributed by atoms with Gasteiger partial charge < -0.3 is 15.5 Å². The van der Waals surface area contributed by atoms with Crippen LogP contribution in [0.25, 0.3) is 0 Å². The van der Waals surface area contributed by atoms with E-state index in [1.165, 1.54) is 18.2 Å². The van der Waals surface area contributed by atoms with Crippen molar-refractivity contribution in [1.29, 1.82) is 0 Å². The zero-order valence-electron chi connectivity index (χ0n) is 15.4. The second kappa shape index (κ2) is 7.27. The molecule has 8 heteroatoms. The Balaban J connectivity index is 1.56. The van der Waals surface area contributed by atoms with Gasteiger partial charge in [-0.05, 0) is 35.9 Å². The van der Waals surface area contributed by atoms with Gasteiger partial charge in [0.1, 0.15) is 12.0 Å². The molecule has 29 heavy (non-hydrogen) atoms. The maximum Gasteiger partial charge on any atom is 0.416 e. The van der Waals surface area contributed by atoms with Crippen molar-refractivity contribution in [2.45, 2.75) is 18.4 Å². The van der Waals surface area contributed by atoms with Crippen LogP contribution in [0.1, 0.15) is 22.9 Å². The molecule has 1 unspecified atom stereocenters. The lowest BCUT2D eigenvalue weighted by molar-refractivity contribution is -0.137. The van der Waals surface area contributed by atoms with Crippen molar-refractivity contribution >= 4 is 17.4 Å². The smallest absolute Gasteiger partial charge is 0.363 e. The first-order valence-electron chi connectivity index (χ1n) is 9.14. The van der Waals surface area contributed by atoms with Gasteiger partial charge in [-0.25, -0.2) is 4.99 Å². The highest BCUT2D eigenvalue weighted by atomic mass is 19.4. The lowest BCUT2D eigenvalue weighted by Crippen LogP contribution is -2.61. The number of hydrogen-bond donors (Lipinski definition) is 2. The van der Waals surface area contributed by atoms with Crippen molar-refractivity contribution < 1.29 is 18.0 Å². The van der Waals surface area contributed by atoms with Crippen molar-refractivity contribution in [2.24, 2.45) is 4.99 Å². The van der Waals surface area contributed by atoms with Crippen LogP contribution in [0.2, 0.25) is 0 Å². The van der Waals surface area contributed by atoms with E-state index in [9.17, 15) is 18.0 Å². The molecule has 2 N–H and O–H groups in total. The van der Waals surface area contributed by atoms with Gasteiger partial charge in [0.2, 0.25) is 5.91 Å². The Morgan fingerprint density at radius 1 is 1.17 bits per heavy atom. The van der Waals surface area contributed by atoms with Crippen LogP contribution in [0, 0.1) is 0 Å². The number of likely N-dealkylation sites (tertiary alicyclic amines) is 1. The van der Waals surface area contributed by atoms with Gasteiger partial charge in [0.25, 0.3) is 0 Å². The molecule has 0 aliphatic carbocycles. The largest absolute Gasteiger partial charge is 0.416 e. The van der Waals surface area contributed by atoms with Crippen LogP contribution >= 0.6 is 0 Å². The van der Waals surface area contributed by atoms with E-state index >= 15 is 0 Å². The van der Waals surface area contributed by atoms with Crippen LogP contribution in [0.4, 0.5) is 18.9 Å². The van der Waals surface area contributed by atoms with Crippen LogP contribution in [0.5, 0.6) is 0 Å². The van der Waals surface area contributed by atoms with Crippen molar-refractivity contribution in [1.82, 2.24) is 10.2 Å². The lowest BCUT2D eigenvalue weighted by Gasteiger charge is -2.40. The maximum absolute atomic E-state index is 12.8. The number of benzene rings is 2. The molecule has 2 heterocycles. The summed E-state index contributed by atoms with van der Waals surface area (Å²) in [6.45, 7) is 4.58. The van der Waals surface area contributed by atoms with Crippen LogP contribution in [-0.2, 0) is 11.0 Å². The highest BCUT2D eigenvalue weighted by Gasteiger charge is 2.33. The number of nitrogens with zero attached hydrogens (tertiary/aromatic N) is 2. The van der Waals surface area contributed by atoms with Crippen molar-refractivity contribution in [2.75, 3.05) is 18.4 Å². The van der Waals surface area contributed by atoms with E-state index in [1.807, 2.05) is 24.3 Å². The van der Waals surface area contributed by atoms with Crippen LogP contribution in [-0.4, -0.2) is 35.8 Å². The summed E-state index contributed by atoms with van der Waals surface area (Å²) in [6, 6.07) is 12.6. The summed E-state index contributed by atoms with van der Waals surface area (Å²) >= 11 is 0. The van der Waals surface area contributed by atoms with Crippen LogP contribution in [0.15, 0.2) is 66.2 Å². The number of aliphatic imine (C=N–C) groups is 1. The zero-order chi connectivity index (χ0) is 20.6. The second-order valence-electron chi connectivity index (χ2n) is 6.98. The van der Waals surface area contributed by atoms with E-state index in [1.54, 1.807) is 4.90 Å². The summed E-state index contributed by atoms with van der Waals surface area (Å²) in [4.78, 5) is 18.0. The molecule has 0 radical (unpaired) electrons. The number of carbonyl (C=O) groups is 1. The topological polar surface area (TPSA) is 56.7 Å². The Hall–Kier alpha value is -3.29. The number of halogens is 3. The molecule has 1 fully saturated rings. The third kappa shape index (κ3) is 3.83. The molecule has 1 amide bonds. The third-order valence-electron chi connectivity index (χ3n) is 5.00. The summed E-state index contributed by atoms with van der Waals surface area (Å²) in [5.41, 5.74) is 1.66. The zero-order valence-corrected chi connectivity index (χ0v) is 15.4. The Kier molecular flexibility index (Phi) is 4.77. The number of anilines is 1. The Morgan fingerprint density at radius 2 is 1.86 bits per heavy atom. The number of alkyl halides is 3. The van der Waals surface area contributed by atoms with E-state index in [0.717, 1.165) is 23.4 Å². The molecule has 1 atom stereocenters. The number of carbonyl (C=O) groups excluding carboxylic acids is 1. The predicted molar refractivity (Wildman–Crippen MR) is 104 cm³/mol. The van der Waals surface area contributed by atoms with Gasteiger partial charge in [-0.15, -0.1) is 0 Å². The summed E-state index contributed by atoms with van der Waals surface area (Å²) in [5, 5.41) is 6.62. The first-order valence-corrected chi connectivity index (χ1v) is 9.14. The molecule has 0 spiro atoms. The fourth-order valence-corrected chi connectivity index (χ4v) is 3.39. The number of para-hydroxylation sites is 1. The molecule has 2 aliphatic rings. The minimum absolute atomic E-state index is 0.0528. The van der Waals surface area contributed by atoms with Gasteiger partial charge in [0, 0.05) is 24.3 Å². The molecule has 2 aromatic rings. The SMILES string of the molecule is C=CC(=O)N1CC(NC2=NC(c3ccc(C(F)(F)F)cc3)Nc3ccccc32)C1. The molecule has 0 bridgehead atoms. The molecule has 2 aliphatic heterocycles. The monoisotopic (exact) mass is 400 g/mol. The summed E-state index contributed by atoms with van der Waals surface area (Å²) in [6.07, 6.45) is -3.60. The number of amidine groups is 1. The molecule has 5 nitrogen and oxygen atoms in total. The fraction of sp³-hybridized carbons (Fsp3) is 0.238. The average Bonchev–Trinajstić information content (AvgIpc) is 2.69. The Bertz CT molecular complexity index is 963.